The van der Waals surface area contributed by atoms with Crippen LogP contribution in [-0.2, 0) is 16.1 Å². The molecule has 11 heteroatoms. The van der Waals surface area contributed by atoms with Crippen LogP contribution in [0.15, 0.2) is 72.8 Å². The minimum Gasteiger partial charge on any atom is -0.395 e. The lowest BCUT2D eigenvalue weighted by molar-refractivity contribution is -0.131. The highest BCUT2D eigenvalue weighted by Gasteiger charge is 2.34. The monoisotopic (exact) mass is 608 g/mol. The Balaban J connectivity index is 1.53. The van der Waals surface area contributed by atoms with E-state index in [1.54, 1.807) is 0 Å². The molecule has 0 unspecified atom stereocenters. The number of anilines is 1. The molecule has 0 saturated heterocycles. The van der Waals surface area contributed by atoms with Crippen LogP contribution in [0.1, 0.15) is 54.3 Å². The van der Waals surface area contributed by atoms with Crippen molar-refractivity contribution in [1.82, 2.24) is 10.2 Å². The van der Waals surface area contributed by atoms with Crippen molar-refractivity contribution in [1.29, 1.82) is 0 Å². The van der Waals surface area contributed by atoms with Crippen LogP contribution in [0.5, 0.6) is 0 Å². The fourth-order valence-corrected chi connectivity index (χ4v) is 5.73. The largest absolute Gasteiger partial charge is 0.395 e. The smallest absolute Gasteiger partial charge is 0.324 e. The van der Waals surface area contributed by atoms with Crippen LogP contribution in [0.3, 0.4) is 0 Å². The van der Waals surface area contributed by atoms with Crippen LogP contribution in [0.2, 0.25) is 0 Å². The third-order valence-corrected chi connectivity index (χ3v) is 8.01. The van der Waals surface area contributed by atoms with E-state index in [-0.39, 0.29) is 44.7 Å². The first-order chi connectivity index (χ1) is 21.2. The molecule has 3 aromatic rings. The summed E-state index contributed by atoms with van der Waals surface area (Å²) in [6, 6.07) is 16.8. The molecule has 9 nitrogen and oxygen atoms in total. The molecule has 0 aromatic heterocycles. The summed E-state index contributed by atoms with van der Waals surface area (Å²) in [4.78, 5) is 41.9. The minimum absolute atomic E-state index is 0.0267. The number of carbonyl (C=O) groups is 3. The van der Waals surface area contributed by atoms with Crippen molar-refractivity contribution in [2.24, 2.45) is 11.7 Å². The minimum atomic E-state index is -1.08. The molecule has 234 valence electrons. The van der Waals surface area contributed by atoms with Crippen LogP contribution in [0.4, 0.5) is 19.3 Å². The molecule has 0 radical (unpaired) electrons. The molecular weight excluding hydrogens is 570 g/mol. The number of nitrogens with two attached hydrogens (primary N) is 1. The number of halogens is 2. The molecule has 1 saturated carbocycles. The van der Waals surface area contributed by atoms with Gasteiger partial charge in [0.15, 0.2) is 0 Å². The van der Waals surface area contributed by atoms with Crippen LogP contribution in [0.25, 0.3) is 0 Å². The lowest BCUT2D eigenvalue weighted by atomic mass is 9.74. The first kappa shape index (κ1) is 32.6. The lowest BCUT2D eigenvalue weighted by Crippen LogP contribution is -2.45. The number of carbonyl (C=O) groups excluding carboxylic acids is 3. The molecule has 0 heterocycles. The Morgan fingerprint density at radius 2 is 1.41 bits per heavy atom. The van der Waals surface area contributed by atoms with Gasteiger partial charge in [-0.25, -0.2) is 13.6 Å². The summed E-state index contributed by atoms with van der Waals surface area (Å²) in [6.07, 6.45) is 3.20. The standard InChI is InChI=1S/C33H38F2N4O5/c34-25-11-9-24(10-12-25)30(31(36)42)37-32(43)29-4-2-1-3-28(29)23-7-5-22(6-8-23)21-39(27-15-13-26(35)14-16-27)33(44)38(17-19-40)18-20-41/h5-16,28-30,40-41H,1-4,17-21H2,(H2,36,42)(H,37,43)/t28-,29+,30-/m0/s1. The van der Waals surface area contributed by atoms with E-state index in [9.17, 15) is 33.4 Å². The zero-order chi connectivity index (χ0) is 31.6. The Hall–Kier alpha value is -4.35. The van der Waals surface area contributed by atoms with E-state index in [2.05, 4.69) is 5.32 Å². The van der Waals surface area contributed by atoms with Gasteiger partial charge in [-0.1, -0.05) is 49.2 Å². The fraction of sp³-hybridized carbons (Fsp3) is 0.364. The molecule has 3 aromatic carbocycles. The highest BCUT2D eigenvalue weighted by molar-refractivity contribution is 5.92. The number of aliphatic hydroxyl groups is 2. The van der Waals surface area contributed by atoms with Crippen molar-refractivity contribution in [2.75, 3.05) is 31.2 Å². The average Bonchev–Trinajstić information content (AvgIpc) is 3.03. The van der Waals surface area contributed by atoms with Gasteiger partial charge in [0.2, 0.25) is 11.8 Å². The van der Waals surface area contributed by atoms with E-state index in [1.165, 1.54) is 58.3 Å². The summed E-state index contributed by atoms with van der Waals surface area (Å²) in [5.74, 6) is -2.46. The van der Waals surface area contributed by atoms with E-state index < -0.39 is 35.5 Å². The van der Waals surface area contributed by atoms with Gasteiger partial charge in [-0.05, 0) is 71.8 Å². The molecule has 1 fully saturated rings. The molecule has 4 amide bonds. The zero-order valence-electron chi connectivity index (χ0n) is 24.4. The number of urea groups is 1. The number of hydrogen-bond donors (Lipinski definition) is 4. The first-order valence-electron chi connectivity index (χ1n) is 14.7. The molecule has 1 aliphatic carbocycles. The number of aliphatic hydroxyl groups excluding tert-OH is 2. The van der Waals surface area contributed by atoms with Crippen LogP contribution in [-0.4, -0.2) is 59.3 Å². The van der Waals surface area contributed by atoms with E-state index in [0.29, 0.717) is 17.7 Å². The van der Waals surface area contributed by atoms with Gasteiger partial charge in [0.25, 0.3) is 0 Å². The van der Waals surface area contributed by atoms with Gasteiger partial charge in [-0.15, -0.1) is 0 Å². The van der Waals surface area contributed by atoms with Crippen molar-refractivity contribution in [3.63, 3.8) is 0 Å². The maximum atomic E-state index is 13.7. The predicted molar refractivity (Wildman–Crippen MR) is 161 cm³/mol. The van der Waals surface area contributed by atoms with Crippen molar-refractivity contribution in [2.45, 2.75) is 44.2 Å². The highest BCUT2D eigenvalue weighted by Crippen LogP contribution is 2.38. The normalized spacial score (nSPS) is 17.0. The van der Waals surface area contributed by atoms with E-state index in [0.717, 1.165) is 30.4 Å². The summed E-state index contributed by atoms with van der Waals surface area (Å²) in [6.45, 7) is -0.363. The Bertz CT molecular complexity index is 1400. The second kappa shape index (κ2) is 15.4. The molecule has 44 heavy (non-hydrogen) atoms. The number of primary amides is 1. The van der Waals surface area contributed by atoms with Crippen molar-refractivity contribution >= 4 is 23.5 Å². The molecule has 1 aliphatic rings. The Morgan fingerprint density at radius 1 is 0.841 bits per heavy atom. The second-order valence-corrected chi connectivity index (χ2v) is 10.9. The van der Waals surface area contributed by atoms with Gasteiger partial charge in [0.1, 0.15) is 17.7 Å². The van der Waals surface area contributed by atoms with Crippen molar-refractivity contribution in [3.8, 4) is 0 Å². The summed E-state index contributed by atoms with van der Waals surface area (Å²) in [7, 11) is 0. The molecule has 5 N–H and O–H groups in total. The van der Waals surface area contributed by atoms with E-state index in [4.69, 9.17) is 5.73 Å². The van der Waals surface area contributed by atoms with Gasteiger partial charge < -0.3 is 26.2 Å². The van der Waals surface area contributed by atoms with Crippen molar-refractivity contribution in [3.05, 3.63) is 101 Å². The fourth-order valence-electron chi connectivity index (χ4n) is 5.73. The molecule has 0 bridgehead atoms. The number of nitrogens with one attached hydrogen (secondary N) is 1. The number of hydrogen-bond acceptors (Lipinski definition) is 5. The first-order valence-corrected chi connectivity index (χ1v) is 14.7. The van der Waals surface area contributed by atoms with Crippen molar-refractivity contribution < 1.29 is 33.4 Å². The summed E-state index contributed by atoms with van der Waals surface area (Å²) < 4.78 is 27.1. The molecule has 0 spiro atoms. The third-order valence-electron chi connectivity index (χ3n) is 8.01. The average molecular weight is 609 g/mol. The van der Waals surface area contributed by atoms with Gasteiger partial charge in [0, 0.05) is 24.7 Å². The molecule has 4 rings (SSSR count). The van der Waals surface area contributed by atoms with Crippen LogP contribution in [0, 0.1) is 17.6 Å². The zero-order valence-corrected chi connectivity index (χ0v) is 24.4. The number of amides is 4. The van der Waals surface area contributed by atoms with Gasteiger partial charge >= 0.3 is 6.03 Å². The Kier molecular flexibility index (Phi) is 11.4. The maximum Gasteiger partial charge on any atom is 0.324 e. The quantitative estimate of drug-likeness (QED) is 0.247. The third kappa shape index (κ3) is 8.18. The molecule has 3 atom stereocenters. The molecule has 0 aliphatic heterocycles. The van der Waals surface area contributed by atoms with Gasteiger partial charge in [-0.2, -0.15) is 0 Å². The Labute approximate surface area is 255 Å². The van der Waals surface area contributed by atoms with Gasteiger partial charge in [-0.3, -0.25) is 14.5 Å². The summed E-state index contributed by atoms with van der Waals surface area (Å²) in [5.41, 5.74) is 8.16. The van der Waals surface area contributed by atoms with Crippen LogP contribution >= 0.6 is 0 Å². The van der Waals surface area contributed by atoms with Gasteiger partial charge in [0.05, 0.1) is 19.8 Å². The topological polar surface area (TPSA) is 136 Å². The van der Waals surface area contributed by atoms with E-state index in [1.807, 2.05) is 24.3 Å². The molecular formula is C33H38F2N4O5. The van der Waals surface area contributed by atoms with Crippen LogP contribution < -0.4 is 16.0 Å². The predicted octanol–water partition coefficient (Wildman–Crippen LogP) is 3.99. The second-order valence-electron chi connectivity index (χ2n) is 10.9. The Morgan fingerprint density at radius 3 is 1.98 bits per heavy atom. The maximum absolute atomic E-state index is 13.7. The number of rotatable bonds is 12. The summed E-state index contributed by atoms with van der Waals surface area (Å²) in [5, 5.41) is 21.7. The SMILES string of the molecule is NC(=O)[C@@H](NC(=O)[C@@H]1CCCC[C@H]1c1ccc(CN(C(=O)N(CCO)CCO)c2ccc(F)cc2)cc1)c1ccc(F)cc1. The summed E-state index contributed by atoms with van der Waals surface area (Å²) >= 11 is 0. The number of benzene rings is 3. The number of nitrogens with zero attached hydrogens (tertiary/aromatic N) is 2. The lowest BCUT2D eigenvalue weighted by Gasteiger charge is -2.32. The van der Waals surface area contributed by atoms with E-state index >= 15 is 0 Å². The highest BCUT2D eigenvalue weighted by atomic mass is 19.1.